The molecule has 1 saturated heterocycles. The van der Waals surface area contributed by atoms with Crippen molar-refractivity contribution in [1.29, 1.82) is 0 Å². The van der Waals surface area contributed by atoms with Crippen molar-refractivity contribution in [2.75, 3.05) is 11.4 Å². The van der Waals surface area contributed by atoms with Crippen molar-refractivity contribution in [2.24, 2.45) is 0 Å². The summed E-state index contributed by atoms with van der Waals surface area (Å²) in [5, 5.41) is 9.37. The summed E-state index contributed by atoms with van der Waals surface area (Å²) in [7, 11) is 0. The number of aliphatic hydroxyl groups is 1. The van der Waals surface area contributed by atoms with Gasteiger partial charge in [0.15, 0.2) is 0 Å². The van der Waals surface area contributed by atoms with Gasteiger partial charge in [-0.05, 0) is 44.0 Å². The van der Waals surface area contributed by atoms with Gasteiger partial charge in [0.25, 0.3) is 0 Å². The number of hydrogen-bond acceptors (Lipinski definition) is 3. The number of carbonyl (C=O) groups excluding carboxylic acids is 1. The largest absolute Gasteiger partial charge is 0.391 e. The summed E-state index contributed by atoms with van der Waals surface area (Å²) < 4.78 is 1.30. The van der Waals surface area contributed by atoms with E-state index in [1.54, 1.807) is 12.1 Å². The smallest absolute Gasteiger partial charge is 0.229 e. The Bertz CT molecular complexity index is 411. The summed E-state index contributed by atoms with van der Waals surface area (Å²) in [5.41, 5.74) is 0.694. The van der Waals surface area contributed by atoms with Crippen LogP contribution in [0.3, 0.4) is 0 Å². The molecule has 1 aliphatic heterocycles. The van der Waals surface area contributed by atoms with Crippen LogP contribution in [0.2, 0.25) is 0 Å². The fourth-order valence-corrected chi connectivity index (χ4v) is 2.61. The molecule has 80 valence electrons. The fraction of sp³-hybridized carbons (Fsp3) is 0.333. The van der Waals surface area contributed by atoms with E-state index in [0.29, 0.717) is 21.4 Å². The van der Waals surface area contributed by atoms with E-state index < -0.39 is 6.10 Å². The topological polar surface area (TPSA) is 53.4 Å². The van der Waals surface area contributed by atoms with Crippen molar-refractivity contribution in [1.82, 2.24) is 4.98 Å². The van der Waals surface area contributed by atoms with Crippen LogP contribution in [0.4, 0.5) is 5.69 Å². The highest BCUT2D eigenvalue weighted by molar-refractivity contribution is 9.11. The van der Waals surface area contributed by atoms with Crippen molar-refractivity contribution in [3.05, 3.63) is 21.3 Å². The van der Waals surface area contributed by atoms with Crippen molar-refractivity contribution in [3.8, 4) is 0 Å². The second-order valence-corrected chi connectivity index (χ2v) is 4.87. The number of anilines is 1. The number of aromatic nitrogens is 1. The van der Waals surface area contributed by atoms with Crippen LogP contribution < -0.4 is 4.90 Å². The maximum absolute atomic E-state index is 11.5. The maximum atomic E-state index is 11.5. The SMILES string of the molecule is O=C1CC(O)CN1c1ccc(Br)nc1Br. The van der Waals surface area contributed by atoms with Gasteiger partial charge in [0.2, 0.25) is 5.91 Å². The highest BCUT2D eigenvalue weighted by atomic mass is 79.9. The Hall–Kier alpha value is -0.460. The summed E-state index contributed by atoms with van der Waals surface area (Å²) in [5.74, 6) is -0.0766. The first-order chi connectivity index (χ1) is 7.08. The summed E-state index contributed by atoms with van der Waals surface area (Å²) >= 11 is 6.53. The molecule has 4 nitrogen and oxygen atoms in total. The third kappa shape index (κ3) is 2.21. The van der Waals surface area contributed by atoms with E-state index >= 15 is 0 Å². The molecule has 0 saturated carbocycles. The molecule has 0 bridgehead atoms. The van der Waals surface area contributed by atoms with Gasteiger partial charge in [0, 0.05) is 0 Å². The third-order valence-corrected chi connectivity index (χ3v) is 3.22. The van der Waals surface area contributed by atoms with Crippen LogP contribution in [0.5, 0.6) is 0 Å². The van der Waals surface area contributed by atoms with Gasteiger partial charge in [-0.3, -0.25) is 4.79 Å². The molecule has 1 aromatic heterocycles. The lowest BCUT2D eigenvalue weighted by atomic mass is 10.3. The predicted octanol–water partition coefficient (Wildman–Crippen LogP) is 1.70. The van der Waals surface area contributed by atoms with Gasteiger partial charge in [0.1, 0.15) is 9.21 Å². The van der Waals surface area contributed by atoms with Crippen LogP contribution >= 0.6 is 31.9 Å². The minimum atomic E-state index is -0.576. The minimum Gasteiger partial charge on any atom is -0.391 e. The lowest BCUT2D eigenvalue weighted by Crippen LogP contribution is -2.25. The summed E-state index contributed by atoms with van der Waals surface area (Å²) in [4.78, 5) is 17.2. The molecule has 0 spiro atoms. The molecule has 15 heavy (non-hydrogen) atoms. The van der Waals surface area contributed by atoms with Gasteiger partial charge in [-0.1, -0.05) is 0 Å². The van der Waals surface area contributed by atoms with E-state index in [0.717, 1.165) is 0 Å². The Labute approximate surface area is 104 Å². The molecule has 0 aromatic carbocycles. The van der Waals surface area contributed by atoms with Gasteiger partial charge < -0.3 is 10.0 Å². The highest BCUT2D eigenvalue weighted by Crippen LogP contribution is 2.29. The summed E-state index contributed by atoms with van der Waals surface area (Å²) in [6, 6.07) is 3.55. The van der Waals surface area contributed by atoms with Gasteiger partial charge in [0.05, 0.1) is 24.8 Å². The maximum Gasteiger partial charge on any atom is 0.229 e. The van der Waals surface area contributed by atoms with E-state index in [9.17, 15) is 9.90 Å². The van der Waals surface area contributed by atoms with Crippen LogP contribution in [0.25, 0.3) is 0 Å². The first-order valence-corrected chi connectivity index (χ1v) is 5.97. The lowest BCUT2D eigenvalue weighted by Gasteiger charge is -2.16. The average Bonchev–Trinajstić information content (AvgIpc) is 2.45. The monoisotopic (exact) mass is 334 g/mol. The molecule has 1 aromatic rings. The number of nitrogens with zero attached hydrogens (tertiary/aromatic N) is 2. The molecule has 1 atom stereocenters. The first-order valence-electron chi connectivity index (χ1n) is 4.38. The Morgan fingerprint density at radius 2 is 2.20 bits per heavy atom. The molecular weight excluding hydrogens is 328 g/mol. The van der Waals surface area contributed by atoms with Gasteiger partial charge >= 0.3 is 0 Å². The molecule has 6 heteroatoms. The average molecular weight is 336 g/mol. The molecular formula is C9H8Br2N2O2. The zero-order valence-corrected chi connectivity index (χ0v) is 10.8. The standard InChI is InChI=1S/C9H8Br2N2O2/c10-7-2-1-6(9(11)12-7)13-4-5(14)3-8(13)15/h1-2,5,14H,3-4H2. The number of carbonyl (C=O) groups is 1. The second kappa shape index (κ2) is 4.19. The minimum absolute atomic E-state index is 0.0766. The van der Waals surface area contributed by atoms with E-state index in [2.05, 4.69) is 36.8 Å². The molecule has 1 aliphatic rings. The van der Waals surface area contributed by atoms with Crippen LogP contribution in [-0.4, -0.2) is 28.6 Å². The van der Waals surface area contributed by atoms with E-state index in [-0.39, 0.29) is 12.3 Å². The lowest BCUT2D eigenvalue weighted by molar-refractivity contribution is -0.117. The van der Waals surface area contributed by atoms with Crippen molar-refractivity contribution in [2.45, 2.75) is 12.5 Å². The number of hydrogen-bond donors (Lipinski definition) is 1. The van der Waals surface area contributed by atoms with E-state index in [4.69, 9.17) is 0 Å². The highest BCUT2D eigenvalue weighted by Gasteiger charge is 2.30. The fourth-order valence-electron chi connectivity index (χ4n) is 1.53. The molecule has 2 rings (SSSR count). The number of β-amino-alcohol motifs (C(OH)–C–C–N with tert-alkyl or cyclic N) is 1. The first kappa shape index (κ1) is 11.0. The van der Waals surface area contributed by atoms with Crippen LogP contribution in [0, 0.1) is 0 Å². The van der Waals surface area contributed by atoms with E-state index in [1.165, 1.54) is 4.90 Å². The Morgan fingerprint density at radius 3 is 2.73 bits per heavy atom. The van der Waals surface area contributed by atoms with Crippen LogP contribution in [0.15, 0.2) is 21.3 Å². The van der Waals surface area contributed by atoms with Gasteiger partial charge in [-0.2, -0.15) is 0 Å². The summed E-state index contributed by atoms with van der Waals surface area (Å²) in [6.45, 7) is 0.334. The predicted molar refractivity (Wildman–Crippen MR) is 62.6 cm³/mol. The van der Waals surface area contributed by atoms with Crippen molar-refractivity contribution in [3.63, 3.8) is 0 Å². The third-order valence-electron chi connectivity index (χ3n) is 2.19. The quantitative estimate of drug-likeness (QED) is 0.795. The number of rotatable bonds is 1. The molecule has 0 aliphatic carbocycles. The van der Waals surface area contributed by atoms with E-state index in [1.807, 2.05) is 0 Å². The number of aliphatic hydroxyl groups excluding tert-OH is 1. The normalized spacial score (nSPS) is 21.1. The summed E-state index contributed by atoms with van der Waals surface area (Å²) in [6.07, 6.45) is -0.393. The zero-order valence-electron chi connectivity index (χ0n) is 7.65. The number of pyridine rings is 1. The molecule has 1 fully saturated rings. The van der Waals surface area contributed by atoms with Crippen molar-refractivity contribution >= 4 is 43.5 Å². The van der Waals surface area contributed by atoms with Crippen LogP contribution in [0.1, 0.15) is 6.42 Å². The number of halogens is 2. The molecule has 0 radical (unpaired) electrons. The van der Waals surface area contributed by atoms with Gasteiger partial charge in [-0.25, -0.2) is 4.98 Å². The van der Waals surface area contributed by atoms with Crippen LogP contribution in [-0.2, 0) is 4.79 Å². The Kier molecular flexibility index (Phi) is 3.08. The Morgan fingerprint density at radius 1 is 1.47 bits per heavy atom. The second-order valence-electron chi connectivity index (χ2n) is 3.31. The Balaban J connectivity index is 2.34. The molecule has 2 heterocycles. The van der Waals surface area contributed by atoms with Crippen molar-refractivity contribution < 1.29 is 9.90 Å². The molecule has 1 N–H and O–H groups in total. The molecule has 1 unspecified atom stereocenters. The van der Waals surface area contributed by atoms with Gasteiger partial charge in [-0.15, -0.1) is 0 Å². The molecule has 1 amide bonds. The zero-order chi connectivity index (χ0) is 11.0. The number of amides is 1.